The number of carbonyl (C=O) groups is 1. The van der Waals surface area contributed by atoms with Gasteiger partial charge in [-0.15, -0.1) is 5.10 Å². The van der Waals surface area contributed by atoms with E-state index in [0.29, 0.717) is 18.8 Å². The number of H-pyrrole nitrogens is 1. The molecule has 1 aromatic rings. The Morgan fingerprint density at radius 1 is 1.69 bits per heavy atom. The van der Waals surface area contributed by atoms with Crippen LogP contribution in [-0.4, -0.2) is 39.6 Å². The second kappa shape index (κ2) is 5.26. The highest BCUT2D eigenvalue weighted by molar-refractivity contribution is 5.90. The molecule has 1 N–H and O–H groups in total. The lowest BCUT2D eigenvalue weighted by atomic mass is 10.2. The third kappa shape index (κ3) is 2.79. The zero-order valence-corrected chi connectivity index (χ0v) is 9.69. The third-order valence-corrected chi connectivity index (χ3v) is 2.17. The quantitative estimate of drug-likeness (QED) is 0.806. The van der Waals surface area contributed by atoms with Crippen molar-refractivity contribution >= 4 is 5.91 Å². The van der Waals surface area contributed by atoms with Gasteiger partial charge in [0.2, 0.25) is 5.82 Å². The monoisotopic (exact) mass is 221 g/mol. The van der Waals surface area contributed by atoms with E-state index in [-0.39, 0.29) is 17.6 Å². The molecule has 0 spiro atoms. The van der Waals surface area contributed by atoms with Crippen molar-refractivity contribution < 1.29 is 4.79 Å². The minimum atomic E-state index is -0.266. The Bertz CT molecular complexity index is 406. The van der Waals surface area contributed by atoms with Crippen LogP contribution >= 0.6 is 0 Å². The molecule has 0 aliphatic carbocycles. The van der Waals surface area contributed by atoms with Crippen molar-refractivity contribution in [3.63, 3.8) is 0 Å². The molecular formula is C10H15N5O. The van der Waals surface area contributed by atoms with Gasteiger partial charge in [-0.05, 0) is 6.92 Å². The molecule has 0 aromatic carbocycles. The summed E-state index contributed by atoms with van der Waals surface area (Å²) in [6.45, 7) is 4.07. The Hall–Kier alpha value is -1.90. The van der Waals surface area contributed by atoms with Crippen molar-refractivity contribution in [2.24, 2.45) is 5.92 Å². The summed E-state index contributed by atoms with van der Waals surface area (Å²) in [5.41, 5.74) is 0. The zero-order chi connectivity index (χ0) is 12.1. The number of nitrogens with zero attached hydrogens (tertiary/aromatic N) is 4. The molecule has 6 heteroatoms. The summed E-state index contributed by atoms with van der Waals surface area (Å²) in [6, 6.07) is 2.08. The number of amides is 1. The van der Waals surface area contributed by atoms with Crippen molar-refractivity contribution in [3.05, 3.63) is 11.6 Å². The molecule has 0 saturated carbocycles. The van der Waals surface area contributed by atoms with Gasteiger partial charge in [-0.3, -0.25) is 9.89 Å². The number of nitrogens with one attached hydrogen (secondary N) is 1. The lowest BCUT2D eigenvalue weighted by Gasteiger charge is -2.15. The Labute approximate surface area is 94.3 Å². The van der Waals surface area contributed by atoms with Crippen LogP contribution in [0.2, 0.25) is 0 Å². The average Bonchev–Trinajstić information content (AvgIpc) is 2.76. The number of aromatic amines is 1. The smallest absolute Gasteiger partial charge is 0.293 e. The Morgan fingerprint density at radius 2 is 2.38 bits per heavy atom. The number of nitriles is 1. The predicted octanol–water partition coefficient (Wildman–Crippen LogP) is 0.599. The van der Waals surface area contributed by atoms with Crippen LogP contribution in [0.3, 0.4) is 0 Å². The summed E-state index contributed by atoms with van der Waals surface area (Å²) >= 11 is 0. The summed E-state index contributed by atoms with van der Waals surface area (Å²) in [5, 5.41) is 15.2. The van der Waals surface area contributed by atoms with Crippen LogP contribution in [0.25, 0.3) is 0 Å². The highest BCUT2D eigenvalue weighted by atomic mass is 16.2. The summed E-state index contributed by atoms with van der Waals surface area (Å²) in [7, 11) is 1.64. The van der Waals surface area contributed by atoms with E-state index in [1.54, 1.807) is 14.0 Å². The topological polar surface area (TPSA) is 85.7 Å². The van der Waals surface area contributed by atoms with E-state index in [2.05, 4.69) is 21.3 Å². The van der Waals surface area contributed by atoms with Gasteiger partial charge in [0.15, 0.2) is 0 Å². The van der Waals surface area contributed by atoms with E-state index in [1.165, 1.54) is 4.90 Å². The minimum absolute atomic E-state index is 0.157. The first-order valence-corrected chi connectivity index (χ1v) is 5.14. The number of hydrogen-bond donors (Lipinski definition) is 1. The van der Waals surface area contributed by atoms with Crippen molar-refractivity contribution in [3.8, 4) is 6.07 Å². The third-order valence-electron chi connectivity index (χ3n) is 2.17. The molecule has 16 heavy (non-hydrogen) atoms. The Balaban J connectivity index is 2.67. The molecule has 1 rings (SSSR count). The molecule has 86 valence electrons. The first-order chi connectivity index (χ1) is 7.58. The van der Waals surface area contributed by atoms with Crippen LogP contribution in [0, 0.1) is 17.2 Å². The van der Waals surface area contributed by atoms with Gasteiger partial charge in [-0.2, -0.15) is 5.26 Å². The molecule has 1 heterocycles. The van der Waals surface area contributed by atoms with Crippen LogP contribution < -0.4 is 0 Å². The normalized spacial score (nSPS) is 11.9. The maximum Gasteiger partial charge on any atom is 0.293 e. The van der Waals surface area contributed by atoms with Gasteiger partial charge in [-0.25, -0.2) is 4.98 Å². The van der Waals surface area contributed by atoms with Gasteiger partial charge in [0, 0.05) is 20.0 Å². The molecule has 0 radical (unpaired) electrons. The predicted molar refractivity (Wildman–Crippen MR) is 57.5 cm³/mol. The number of rotatable bonds is 4. The number of aromatic nitrogens is 3. The fourth-order valence-electron chi connectivity index (χ4n) is 1.25. The van der Waals surface area contributed by atoms with E-state index in [9.17, 15) is 4.79 Å². The largest absolute Gasteiger partial charge is 0.338 e. The van der Waals surface area contributed by atoms with Crippen molar-refractivity contribution in [1.29, 1.82) is 5.26 Å². The van der Waals surface area contributed by atoms with E-state index in [0.717, 1.165) is 0 Å². The lowest BCUT2D eigenvalue weighted by molar-refractivity contribution is 0.0773. The van der Waals surface area contributed by atoms with E-state index >= 15 is 0 Å². The highest BCUT2D eigenvalue weighted by Crippen LogP contribution is 2.02. The average molecular weight is 221 g/mol. The highest BCUT2D eigenvalue weighted by Gasteiger charge is 2.18. The Kier molecular flexibility index (Phi) is 4.00. The van der Waals surface area contributed by atoms with E-state index in [4.69, 9.17) is 5.26 Å². The first-order valence-electron chi connectivity index (χ1n) is 5.14. The Morgan fingerprint density at radius 3 is 2.88 bits per heavy atom. The number of aryl methyl sites for hydroxylation is 1. The molecule has 0 bridgehead atoms. The van der Waals surface area contributed by atoms with Gasteiger partial charge in [0.05, 0.1) is 12.0 Å². The van der Waals surface area contributed by atoms with Gasteiger partial charge >= 0.3 is 0 Å². The van der Waals surface area contributed by atoms with Crippen LogP contribution in [-0.2, 0) is 6.42 Å². The molecule has 1 unspecified atom stereocenters. The second-order valence-electron chi connectivity index (χ2n) is 3.68. The van der Waals surface area contributed by atoms with Crippen LogP contribution in [0.15, 0.2) is 0 Å². The maximum atomic E-state index is 11.8. The van der Waals surface area contributed by atoms with Gasteiger partial charge in [0.25, 0.3) is 5.91 Å². The molecule has 0 aliphatic rings. The van der Waals surface area contributed by atoms with Crippen LogP contribution in [0.5, 0.6) is 0 Å². The van der Waals surface area contributed by atoms with Crippen molar-refractivity contribution in [2.45, 2.75) is 20.3 Å². The number of carbonyl (C=O) groups excluding carboxylic acids is 1. The first kappa shape index (κ1) is 12.2. The van der Waals surface area contributed by atoms with E-state index < -0.39 is 0 Å². The summed E-state index contributed by atoms with van der Waals surface area (Å²) in [4.78, 5) is 17.3. The molecular weight excluding hydrogens is 206 g/mol. The van der Waals surface area contributed by atoms with Gasteiger partial charge < -0.3 is 4.90 Å². The molecule has 1 atom stereocenters. The summed E-state index contributed by atoms with van der Waals surface area (Å²) < 4.78 is 0. The molecule has 0 aliphatic heterocycles. The van der Waals surface area contributed by atoms with E-state index in [1.807, 2.05) is 6.92 Å². The number of hydrogen-bond acceptors (Lipinski definition) is 4. The lowest BCUT2D eigenvalue weighted by Crippen LogP contribution is -2.31. The SMILES string of the molecule is CCc1nc(C(=O)N(C)CC(C)C#N)n[nH]1. The molecule has 1 amide bonds. The summed E-state index contributed by atoms with van der Waals surface area (Å²) in [5.74, 6) is 0.381. The standard InChI is InChI=1S/C10H15N5O/c1-4-8-12-9(14-13-8)10(16)15(3)6-7(2)5-11/h7H,4,6H2,1-3H3,(H,12,13,14). The molecule has 0 saturated heterocycles. The maximum absolute atomic E-state index is 11.8. The van der Waals surface area contributed by atoms with Crippen molar-refractivity contribution in [2.75, 3.05) is 13.6 Å². The van der Waals surface area contributed by atoms with Crippen LogP contribution in [0.1, 0.15) is 30.3 Å². The van der Waals surface area contributed by atoms with Gasteiger partial charge in [-0.1, -0.05) is 6.92 Å². The molecule has 1 aromatic heterocycles. The van der Waals surface area contributed by atoms with Gasteiger partial charge in [0.1, 0.15) is 5.82 Å². The fraction of sp³-hybridized carbons (Fsp3) is 0.600. The summed E-state index contributed by atoms with van der Waals surface area (Å²) in [6.07, 6.45) is 0.707. The molecule has 0 fully saturated rings. The van der Waals surface area contributed by atoms with Crippen molar-refractivity contribution in [1.82, 2.24) is 20.1 Å². The fourth-order valence-corrected chi connectivity index (χ4v) is 1.25. The zero-order valence-electron chi connectivity index (χ0n) is 9.69. The second-order valence-corrected chi connectivity index (χ2v) is 3.68. The van der Waals surface area contributed by atoms with Crippen LogP contribution in [0.4, 0.5) is 0 Å². The molecule has 6 nitrogen and oxygen atoms in total. The minimum Gasteiger partial charge on any atom is -0.338 e.